The van der Waals surface area contributed by atoms with E-state index in [0.717, 1.165) is 12.1 Å². The van der Waals surface area contributed by atoms with Gasteiger partial charge < -0.3 is 15.5 Å². The lowest BCUT2D eigenvalue weighted by molar-refractivity contribution is 0.0945. The van der Waals surface area contributed by atoms with Crippen LogP contribution in [0.25, 0.3) is 0 Å². The molecule has 0 saturated heterocycles. The molecule has 2 rings (SSSR count). The van der Waals surface area contributed by atoms with Crippen LogP contribution in [-0.4, -0.2) is 48.2 Å². The molecule has 0 unspecified atom stereocenters. The Bertz CT molecular complexity index is 722. The summed E-state index contributed by atoms with van der Waals surface area (Å²) in [5.41, 5.74) is -0.198. The van der Waals surface area contributed by atoms with E-state index in [1.54, 1.807) is 0 Å². The van der Waals surface area contributed by atoms with E-state index >= 15 is 0 Å². The van der Waals surface area contributed by atoms with Gasteiger partial charge in [0.15, 0.2) is 29.0 Å². The third-order valence-electron chi connectivity index (χ3n) is 3.04. The molecule has 2 aromatic rings. The van der Waals surface area contributed by atoms with Crippen LogP contribution < -0.4 is 10.6 Å². The van der Waals surface area contributed by atoms with Crippen LogP contribution in [0.5, 0.6) is 0 Å². The highest BCUT2D eigenvalue weighted by Gasteiger charge is 2.14. The SMILES string of the molecule is CN(C)CCNC(=O)c1ccc(Nc2ccc(F)c(F)c2F)nn1. The second-order valence-corrected chi connectivity index (χ2v) is 5.21. The van der Waals surface area contributed by atoms with Crippen molar-refractivity contribution in [3.8, 4) is 0 Å². The highest BCUT2D eigenvalue weighted by molar-refractivity contribution is 5.92. The maximum Gasteiger partial charge on any atom is 0.271 e. The number of nitrogens with zero attached hydrogens (tertiary/aromatic N) is 3. The molecule has 2 N–H and O–H groups in total. The predicted octanol–water partition coefficient (Wildman–Crippen LogP) is 1.93. The van der Waals surface area contributed by atoms with Crippen LogP contribution in [-0.2, 0) is 0 Å². The van der Waals surface area contributed by atoms with Crippen LogP contribution in [0.15, 0.2) is 24.3 Å². The lowest BCUT2D eigenvalue weighted by Crippen LogP contribution is -2.31. The fourth-order valence-electron chi connectivity index (χ4n) is 1.76. The quantitative estimate of drug-likeness (QED) is 0.787. The average Bonchev–Trinajstić information content (AvgIpc) is 2.55. The summed E-state index contributed by atoms with van der Waals surface area (Å²) >= 11 is 0. The normalized spacial score (nSPS) is 10.8. The highest BCUT2D eigenvalue weighted by Crippen LogP contribution is 2.22. The summed E-state index contributed by atoms with van der Waals surface area (Å²) in [5.74, 6) is -4.53. The summed E-state index contributed by atoms with van der Waals surface area (Å²) < 4.78 is 39.6. The summed E-state index contributed by atoms with van der Waals surface area (Å²) in [4.78, 5) is 13.7. The third-order valence-corrected chi connectivity index (χ3v) is 3.04. The molecule has 0 aliphatic rings. The van der Waals surface area contributed by atoms with Crippen molar-refractivity contribution < 1.29 is 18.0 Å². The molecular weight excluding hydrogens is 323 g/mol. The number of hydrogen-bond acceptors (Lipinski definition) is 5. The number of nitrogens with one attached hydrogen (secondary N) is 2. The van der Waals surface area contributed by atoms with Crippen LogP contribution in [0.4, 0.5) is 24.7 Å². The van der Waals surface area contributed by atoms with Gasteiger partial charge in [-0.2, -0.15) is 0 Å². The Morgan fingerprint density at radius 2 is 1.83 bits per heavy atom. The maximum atomic E-state index is 13.6. The van der Waals surface area contributed by atoms with Crippen LogP contribution >= 0.6 is 0 Å². The Labute approximate surface area is 136 Å². The number of rotatable bonds is 6. The topological polar surface area (TPSA) is 70.2 Å². The Morgan fingerprint density at radius 1 is 1.08 bits per heavy atom. The lowest BCUT2D eigenvalue weighted by Gasteiger charge is -2.10. The number of amides is 1. The van der Waals surface area contributed by atoms with E-state index in [1.807, 2.05) is 19.0 Å². The van der Waals surface area contributed by atoms with Crippen molar-refractivity contribution in [3.05, 3.63) is 47.4 Å². The molecule has 1 aromatic carbocycles. The number of hydrogen-bond donors (Lipinski definition) is 2. The maximum absolute atomic E-state index is 13.6. The average molecular weight is 339 g/mol. The number of anilines is 2. The zero-order valence-corrected chi connectivity index (χ0v) is 13.1. The van der Waals surface area contributed by atoms with Crippen molar-refractivity contribution in [2.75, 3.05) is 32.5 Å². The van der Waals surface area contributed by atoms with E-state index in [1.165, 1.54) is 12.1 Å². The minimum absolute atomic E-state index is 0.0877. The van der Waals surface area contributed by atoms with Gasteiger partial charge in [0, 0.05) is 13.1 Å². The van der Waals surface area contributed by atoms with Gasteiger partial charge in [-0.1, -0.05) is 0 Å². The molecule has 0 radical (unpaired) electrons. The number of benzene rings is 1. The minimum atomic E-state index is -1.58. The Hall–Kier alpha value is -2.68. The van der Waals surface area contributed by atoms with Crippen molar-refractivity contribution in [1.29, 1.82) is 0 Å². The largest absolute Gasteiger partial charge is 0.349 e. The lowest BCUT2D eigenvalue weighted by atomic mass is 10.2. The van der Waals surface area contributed by atoms with Crippen molar-refractivity contribution in [2.45, 2.75) is 0 Å². The van der Waals surface area contributed by atoms with Crippen molar-refractivity contribution in [3.63, 3.8) is 0 Å². The molecule has 1 aromatic heterocycles. The first-order valence-electron chi connectivity index (χ1n) is 7.05. The first-order valence-corrected chi connectivity index (χ1v) is 7.05. The molecule has 0 fully saturated rings. The van der Waals surface area contributed by atoms with Gasteiger partial charge in [0.1, 0.15) is 0 Å². The second kappa shape index (κ2) is 7.73. The Kier molecular flexibility index (Phi) is 5.69. The zero-order chi connectivity index (χ0) is 17.7. The van der Waals surface area contributed by atoms with Gasteiger partial charge in [-0.25, -0.2) is 13.2 Å². The predicted molar refractivity (Wildman–Crippen MR) is 82.5 cm³/mol. The van der Waals surface area contributed by atoms with Crippen molar-refractivity contribution in [2.24, 2.45) is 0 Å². The number of likely N-dealkylation sites (N-methyl/N-ethyl adjacent to an activating group) is 1. The van der Waals surface area contributed by atoms with Gasteiger partial charge in [0.25, 0.3) is 5.91 Å². The Morgan fingerprint density at radius 3 is 2.46 bits per heavy atom. The molecule has 0 aliphatic carbocycles. The fraction of sp³-hybridized carbons (Fsp3) is 0.267. The molecule has 0 saturated carbocycles. The number of carbonyl (C=O) groups excluding carboxylic acids is 1. The van der Waals surface area contributed by atoms with E-state index in [4.69, 9.17) is 0 Å². The van der Waals surface area contributed by atoms with E-state index < -0.39 is 23.4 Å². The van der Waals surface area contributed by atoms with E-state index in [2.05, 4.69) is 20.8 Å². The first kappa shape index (κ1) is 17.7. The molecule has 0 atom stereocenters. The van der Waals surface area contributed by atoms with Crippen LogP contribution in [0.2, 0.25) is 0 Å². The van der Waals surface area contributed by atoms with Crippen LogP contribution in [0.1, 0.15) is 10.5 Å². The standard InChI is InChI=1S/C15H16F3N5O/c1-23(2)8-7-19-15(24)11-5-6-12(22-21-11)20-10-4-3-9(16)13(17)14(10)18/h3-6H,7-8H2,1-2H3,(H,19,24)(H,20,22). The third kappa shape index (κ3) is 4.42. The van der Waals surface area contributed by atoms with Crippen LogP contribution in [0.3, 0.4) is 0 Å². The summed E-state index contributed by atoms with van der Waals surface area (Å²) in [6, 6.07) is 4.60. The molecule has 128 valence electrons. The molecule has 24 heavy (non-hydrogen) atoms. The smallest absolute Gasteiger partial charge is 0.271 e. The summed E-state index contributed by atoms with van der Waals surface area (Å²) in [5, 5.41) is 12.6. The van der Waals surface area contributed by atoms with E-state index in [9.17, 15) is 18.0 Å². The molecule has 0 spiro atoms. The van der Waals surface area contributed by atoms with Gasteiger partial charge in [-0.3, -0.25) is 4.79 Å². The fourth-order valence-corrected chi connectivity index (χ4v) is 1.76. The highest BCUT2D eigenvalue weighted by atomic mass is 19.2. The minimum Gasteiger partial charge on any atom is -0.349 e. The second-order valence-electron chi connectivity index (χ2n) is 5.21. The first-order chi connectivity index (χ1) is 11.4. The number of halogens is 3. The van der Waals surface area contributed by atoms with Crippen molar-refractivity contribution in [1.82, 2.24) is 20.4 Å². The molecule has 0 bridgehead atoms. The van der Waals surface area contributed by atoms with E-state index in [-0.39, 0.29) is 17.2 Å². The van der Waals surface area contributed by atoms with Gasteiger partial charge in [-0.15, -0.1) is 10.2 Å². The monoisotopic (exact) mass is 339 g/mol. The molecular formula is C15H16F3N5O. The molecule has 1 amide bonds. The molecule has 9 heteroatoms. The molecule has 1 heterocycles. The number of carbonyl (C=O) groups is 1. The summed E-state index contributed by atoms with van der Waals surface area (Å²) in [7, 11) is 3.76. The summed E-state index contributed by atoms with van der Waals surface area (Å²) in [6.45, 7) is 1.13. The van der Waals surface area contributed by atoms with Gasteiger partial charge in [0.05, 0.1) is 5.69 Å². The van der Waals surface area contributed by atoms with Crippen LogP contribution in [0, 0.1) is 17.5 Å². The molecule has 6 nitrogen and oxygen atoms in total. The van der Waals surface area contributed by atoms with Crippen molar-refractivity contribution >= 4 is 17.4 Å². The summed E-state index contributed by atoms with van der Waals surface area (Å²) in [6.07, 6.45) is 0. The zero-order valence-electron chi connectivity index (χ0n) is 13.1. The van der Waals surface area contributed by atoms with Gasteiger partial charge >= 0.3 is 0 Å². The van der Waals surface area contributed by atoms with Gasteiger partial charge in [0.2, 0.25) is 0 Å². The molecule has 0 aliphatic heterocycles. The Balaban J connectivity index is 2.02. The number of aromatic nitrogens is 2. The van der Waals surface area contributed by atoms with E-state index in [0.29, 0.717) is 13.1 Å². The van der Waals surface area contributed by atoms with Gasteiger partial charge in [-0.05, 0) is 38.4 Å².